The van der Waals surface area contributed by atoms with Gasteiger partial charge in [0.05, 0.1) is 40.2 Å². The van der Waals surface area contributed by atoms with Crippen LogP contribution in [0.25, 0.3) is 22.3 Å². The number of carboxylic acid groups (broad SMARTS) is 1. The predicted octanol–water partition coefficient (Wildman–Crippen LogP) is 6.15. The highest BCUT2D eigenvalue weighted by Crippen LogP contribution is 2.42. The van der Waals surface area contributed by atoms with E-state index in [1.165, 1.54) is 12.1 Å². The number of rotatable bonds is 7. The molecule has 1 aliphatic carbocycles. The van der Waals surface area contributed by atoms with Crippen LogP contribution in [0.5, 0.6) is 5.75 Å². The number of halogens is 5. The van der Waals surface area contributed by atoms with Crippen molar-refractivity contribution >= 4 is 44.5 Å². The standard InChI is InChI=1S/C23H17BrClF3O6/c24-16-9-19(33-5-4-32-12-6-11(7-12)22(30)31)14(8-15(16)23(26,27)28)20-10-18(29)13-2-1-3-17(25)21(13)34-20/h1-3,8-12H,4-7H2,(H,30,31)/t11-,12-. The Morgan fingerprint density at radius 2 is 1.94 bits per heavy atom. The van der Waals surface area contributed by atoms with E-state index < -0.39 is 29.1 Å². The Morgan fingerprint density at radius 1 is 1.21 bits per heavy atom. The second-order valence-electron chi connectivity index (χ2n) is 7.77. The summed E-state index contributed by atoms with van der Waals surface area (Å²) in [5.41, 5.74) is -1.47. The molecule has 34 heavy (non-hydrogen) atoms. The molecule has 1 heterocycles. The van der Waals surface area contributed by atoms with Crippen LogP contribution in [0.3, 0.4) is 0 Å². The number of hydrogen-bond acceptors (Lipinski definition) is 5. The lowest BCUT2D eigenvalue weighted by molar-refractivity contribution is -0.151. The third-order valence-corrected chi connectivity index (χ3v) is 6.44. The monoisotopic (exact) mass is 560 g/mol. The summed E-state index contributed by atoms with van der Waals surface area (Å²) in [6.45, 7) is 0.0835. The van der Waals surface area contributed by atoms with E-state index in [1.54, 1.807) is 6.07 Å². The molecule has 0 amide bonds. The van der Waals surface area contributed by atoms with E-state index in [1.807, 2.05) is 0 Å². The van der Waals surface area contributed by atoms with Crippen LogP contribution in [-0.2, 0) is 15.7 Å². The minimum Gasteiger partial charge on any atom is -0.490 e. The Morgan fingerprint density at radius 3 is 2.62 bits per heavy atom. The highest BCUT2D eigenvalue weighted by Gasteiger charge is 2.36. The molecule has 3 aromatic rings. The summed E-state index contributed by atoms with van der Waals surface area (Å²) in [7, 11) is 0. The molecule has 0 aliphatic heterocycles. The van der Waals surface area contributed by atoms with Crippen LogP contribution in [-0.4, -0.2) is 30.4 Å². The lowest BCUT2D eigenvalue weighted by Crippen LogP contribution is -2.37. The number of para-hydroxylation sites is 1. The first-order valence-corrected chi connectivity index (χ1v) is 11.3. The zero-order valence-corrected chi connectivity index (χ0v) is 19.7. The summed E-state index contributed by atoms with van der Waals surface area (Å²) >= 11 is 9.06. The molecule has 2 aromatic carbocycles. The lowest BCUT2D eigenvalue weighted by Gasteiger charge is -2.32. The quantitative estimate of drug-likeness (QED) is 0.348. The molecule has 1 fully saturated rings. The summed E-state index contributed by atoms with van der Waals surface area (Å²) in [5, 5.41) is 9.25. The SMILES string of the molecule is O=c1cc(-c2cc(C(F)(F)F)c(Br)cc2OCCO[C@H]2C[C@H](C(=O)O)C2)oc2c(Cl)cccc12. The van der Waals surface area contributed by atoms with Gasteiger partial charge in [-0.2, -0.15) is 13.2 Å². The van der Waals surface area contributed by atoms with Gasteiger partial charge in [0.1, 0.15) is 18.1 Å². The molecule has 0 atom stereocenters. The summed E-state index contributed by atoms with van der Waals surface area (Å²) in [4.78, 5) is 23.4. The smallest absolute Gasteiger partial charge is 0.417 e. The van der Waals surface area contributed by atoms with Crippen LogP contribution in [0.1, 0.15) is 18.4 Å². The first-order valence-electron chi connectivity index (χ1n) is 10.1. The Bertz CT molecular complexity index is 1300. The van der Waals surface area contributed by atoms with Gasteiger partial charge in [-0.3, -0.25) is 9.59 Å². The van der Waals surface area contributed by atoms with Crippen molar-refractivity contribution in [3.63, 3.8) is 0 Å². The van der Waals surface area contributed by atoms with E-state index >= 15 is 0 Å². The Balaban J connectivity index is 1.63. The summed E-state index contributed by atoms with van der Waals surface area (Å²) < 4.78 is 57.4. The molecule has 0 saturated heterocycles. The van der Waals surface area contributed by atoms with E-state index in [-0.39, 0.29) is 56.9 Å². The Kier molecular flexibility index (Phi) is 6.93. The van der Waals surface area contributed by atoms with Crippen molar-refractivity contribution in [3.8, 4) is 17.1 Å². The van der Waals surface area contributed by atoms with Gasteiger partial charge in [0.15, 0.2) is 11.0 Å². The third kappa shape index (κ3) is 5.08. The number of ether oxygens (including phenoxy) is 2. The average molecular weight is 562 g/mol. The number of fused-ring (bicyclic) bond motifs is 1. The van der Waals surface area contributed by atoms with E-state index in [0.29, 0.717) is 12.8 Å². The first-order chi connectivity index (χ1) is 16.0. The van der Waals surface area contributed by atoms with E-state index in [9.17, 15) is 22.8 Å². The van der Waals surface area contributed by atoms with Gasteiger partial charge in [-0.05, 0) is 37.1 Å². The van der Waals surface area contributed by atoms with Gasteiger partial charge in [0.2, 0.25) is 0 Å². The maximum atomic E-state index is 13.6. The minimum atomic E-state index is -4.67. The van der Waals surface area contributed by atoms with Crippen LogP contribution in [0, 0.1) is 5.92 Å². The molecule has 11 heteroatoms. The Labute approximate surface area is 204 Å². The molecule has 1 aliphatic rings. The predicted molar refractivity (Wildman–Crippen MR) is 121 cm³/mol. The first kappa shape index (κ1) is 24.6. The van der Waals surface area contributed by atoms with Crippen LogP contribution in [0.2, 0.25) is 5.02 Å². The van der Waals surface area contributed by atoms with Gasteiger partial charge in [0.25, 0.3) is 0 Å². The van der Waals surface area contributed by atoms with Gasteiger partial charge in [-0.1, -0.05) is 33.6 Å². The largest absolute Gasteiger partial charge is 0.490 e. The second kappa shape index (κ2) is 9.59. The van der Waals surface area contributed by atoms with Gasteiger partial charge in [-0.25, -0.2) is 0 Å². The Hall–Kier alpha value is -2.56. The summed E-state index contributed by atoms with van der Waals surface area (Å²) in [5.74, 6) is -1.39. The molecular weight excluding hydrogens is 545 g/mol. The zero-order chi connectivity index (χ0) is 24.6. The van der Waals surface area contributed by atoms with Gasteiger partial charge in [0, 0.05) is 10.5 Å². The van der Waals surface area contributed by atoms with Crippen molar-refractivity contribution in [2.75, 3.05) is 13.2 Å². The van der Waals surface area contributed by atoms with E-state index in [2.05, 4.69) is 15.9 Å². The fraction of sp³-hybridized carbons (Fsp3) is 0.304. The number of benzene rings is 2. The summed E-state index contributed by atoms with van der Waals surface area (Å²) in [6, 6.07) is 7.65. The molecule has 0 radical (unpaired) electrons. The maximum absolute atomic E-state index is 13.6. The van der Waals surface area contributed by atoms with Crippen molar-refractivity contribution in [1.29, 1.82) is 0 Å². The molecule has 1 aromatic heterocycles. The van der Waals surface area contributed by atoms with E-state index in [4.69, 9.17) is 30.6 Å². The molecule has 0 bridgehead atoms. The van der Waals surface area contributed by atoms with Crippen molar-refractivity contribution < 1.29 is 37.0 Å². The topological polar surface area (TPSA) is 86.0 Å². The van der Waals surface area contributed by atoms with Crippen molar-refractivity contribution in [2.45, 2.75) is 25.1 Å². The molecule has 1 saturated carbocycles. The molecular formula is C23H17BrClF3O6. The molecule has 180 valence electrons. The van der Waals surface area contributed by atoms with Crippen LogP contribution in [0.15, 0.2) is 50.1 Å². The van der Waals surface area contributed by atoms with Crippen LogP contribution >= 0.6 is 27.5 Å². The normalized spacial score (nSPS) is 18.0. The fourth-order valence-electron chi connectivity index (χ4n) is 3.63. The highest BCUT2D eigenvalue weighted by atomic mass is 79.9. The average Bonchev–Trinajstić information content (AvgIpc) is 2.71. The molecule has 1 N–H and O–H groups in total. The molecule has 0 unspecified atom stereocenters. The van der Waals surface area contributed by atoms with Crippen molar-refractivity contribution in [1.82, 2.24) is 0 Å². The van der Waals surface area contributed by atoms with Gasteiger partial charge < -0.3 is 19.0 Å². The minimum absolute atomic E-state index is 0.0163. The fourth-order valence-corrected chi connectivity index (χ4v) is 4.39. The van der Waals surface area contributed by atoms with Crippen molar-refractivity contribution in [2.24, 2.45) is 5.92 Å². The van der Waals surface area contributed by atoms with Crippen molar-refractivity contribution in [3.05, 3.63) is 61.7 Å². The number of alkyl halides is 3. The van der Waals surface area contributed by atoms with Crippen LogP contribution < -0.4 is 10.2 Å². The maximum Gasteiger partial charge on any atom is 0.417 e. The van der Waals surface area contributed by atoms with Gasteiger partial charge in [-0.15, -0.1) is 0 Å². The highest BCUT2D eigenvalue weighted by molar-refractivity contribution is 9.10. The zero-order valence-electron chi connectivity index (χ0n) is 17.3. The molecule has 6 nitrogen and oxygen atoms in total. The molecule has 0 spiro atoms. The second-order valence-corrected chi connectivity index (χ2v) is 9.03. The third-order valence-electron chi connectivity index (χ3n) is 5.49. The number of aliphatic carboxylic acids is 1. The van der Waals surface area contributed by atoms with E-state index in [0.717, 1.165) is 18.2 Å². The number of carbonyl (C=O) groups is 1. The van der Waals surface area contributed by atoms with Gasteiger partial charge >= 0.3 is 12.1 Å². The number of hydrogen-bond donors (Lipinski definition) is 1. The van der Waals surface area contributed by atoms with Crippen LogP contribution in [0.4, 0.5) is 13.2 Å². The molecule has 4 rings (SSSR count). The number of carboxylic acids is 1. The lowest BCUT2D eigenvalue weighted by atomic mass is 9.82. The summed E-state index contributed by atoms with van der Waals surface area (Å²) in [6.07, 6.45) is -4.08.